The Kier molecular flexibility index (Phi) is 9.19. The van der Waals surface area contributed by atoms with Gasteiger partial charge in [0.1, 0.15) is 0 Å². The number of allylic oxidation sites excluding steroid dienone is 1. The highest BCUT2D eigenvalue weighted by Gasteiger charge is 2.07. The summed E-state index contributed by atoms with van der Waals surface area (Å²) in [5.74, 6) is 1.37. The summed E-state index contributed by atoms with van der Waals surface area (Å²) < 4.78 is 2.22. The molecule has 0 bridgehead atoms. The molecule has 0 aliphatic carbocycles. The van der Waals surface area contributed by atoms with Crippen molar-refractivity contribution in [2.75, 3.05) is 0 Å². The van der Waals surface area contributed by atoms with Crippen molar-refractivity contribution in [1.29, 1.82) is 5.26 Å². The Balaban J connectivity index is 0.000000283. The van der Waals surface area contributed by atoms with Crippen molar-refractivity contribution >= 4 is 21.5 Å². The van der Waals surface area contributed by atoms with Crippen LogP contribution in [-0.4, -0.2) is 35.0 Å². The van der Waals surface area contributed by atoms with Gasteiger partial charge >= 0.3 is 0 Å². The maximum absolute atomic E-state index is 12.3. The fourth-order valence-corrected chi connectivity index (χ4v) is 3.70. The van der Waals surface area contributed by atoms with Crippen molar-refractivity contribution in [3.8, 4) is 34.5 Å². The fourth-order valence-electron chi connectivity index (χ4n) is 3.49. The van der Waals surface area contributed by atoms with Crippen LogP contribution in [0.5, 0.6) is 5.75 Å². The number of rotatable bonds is 6. The van der Waals surface area contributed by atoms with Crippen LogP contribution in [0.1, 0.15) is 23.9 Å². The summed E-state index contributed by atoms with van der Waals surface area (Å²) in [5.41, 5.74) is 4.31. The monoisotopic (exact) mass is 595 g/mol. The average molecular weight is 596 g/mol. The molecule has 2 aromatic carbocycles. The molecule has 11 heteroatoms. The standard InChI is InChI=1S/C22H14BrN5O.C7H8N2O2/c23-19-12-25-22(26-13-19)18-6-2-4-16(10-18)14-28-21(29)8-7-20(27-28)17-5-1-3-15(9-17)11-24;1-5(2)7-8-3-6(11-10)4-9-7/h1-10,12-13H,14H2;3-4,10H,1H2,2H3. The molecular formula is C29H22BrN7O3. The fraction of sp³-hybridized carbons (Fsp3) is 0.0690. The summed E-state index contributed by atoms with van der Waals surface area (Å²) in [6.07, 6.45) is 6.13. The summed E-state index contributed by atoms with van der Waals surface area (Å²) in [5, 5.41) is 21.7. The average Bonchev–Trinajstić information content (AvgIpc) is 2.99. The molecule has 0 aliphatic rings. The van der Waals surface area contributed by atoms with Gasteiger partial charge in [-0.25, -0.2) is 29.9 Å². The molecule has 3 aromatic heterocycles. The van der Waals surface area contributed by atoms with Crippen LogP contribution in [0, 0.1) is 11.3 Å². The number of hydrogen-bond donors (Lipinski definition) is 1. The van der Waals surface area contributed by atoms with E-state index in [1.54, 1.807) is 43.6 Å². The number of aromatic nitrogens is 6. The summed E-state index contributed by atoms with van der Waals surface area (Å²) in [6.45, 7) is 5.77. The highest BCUT2D eigenvalue weighted by molar-refractivity contribution is 9.10. The third kappa shape index (κ3) is 7.28. The molecule has 10 nitrogen and oxygen atoms in total. The first-order valence-corrected chi connectivity index (χ1v) is 12.6. The van der Waals surface area contributed by atoms with E-state index >= 15 is 0 Å². The van der Waals surface area contributed by atoms with E-state index in [2.05, 4.69) is 58.5 Å². The van der Waals surface area contributed by atoms with E-state index in [9.17, 15) is 4.79 Å². The maximum atomic E-state index is 12.3. The van der Waals surface area contributed by atoms with Gasteiger partial charge in [0.15, 0.2) is 11.6 Å². The lowest BCUT2D eigenvalue weighted by atomic mass is 10.1. The van der Waals surface area contributed by atoms with Gasteiger partial charge in [-0.15, -0.1) is 0 Å². The minimum Gasteiger partial charge on any atom is -0.337 e. The predicted molar refractivity (Wildman–Crippen MR) is 153 cm³/mol. The van der Waals surface area contributed by atoms with E-state index in [1.807, 2.05) is 30.3 Å². The third-order valence-electron chi connectivity index (χ3n) is 5.41. The Hall–Kier alpha value is -5.05. The second-order valence-electron chi connectivity index (χ2n) is 8.45. The van der Waals surface area contributed by atoms with Crippen molar-refractivity contribution in [2.45, 2.75) is 13.5 Å². The van der Waals surface area contributed by atoms with Crippen LogP contribution in [0.3, 0.4) is 0 Å². The number of nitrogens with zero attached hydrogens (tertiary/aromatic N) is 7. The largest absolute Gasteiger partial charge is 0.337 e. The van der Waals surface area contributed by atoms with Crippen molar-refractivity contribution < 1.29 is 10.1 Å². The minimum atomic E-state index is -0.199. The van der Waals surface area contributed by atoms with Crippen LogP contribution in [0.2, 0.25) is 0 Å². The Labute approximate surface area is 238 Å². The lowest BCUT2D eigenvalue weighted by Gasteiger charge is -2.09. The molecule has 0 saturated heterocycles. The van der Waals surface area contributed by atoms with Gasteiger partial charge in [-0.2, -0.15) is 10.4 Å². The van der Waals surface area contributed by atoms with Crippen LogP contribution in [0.25, 0.3) is 28.2 Å². The normalized spacial score (nSPS) is 10.2. The molecule has 5 aromatic rings. The van der Waals surface area contributed by atoms with E-state index in [4.69, 9.17) is 10.5 Å². The highest BCUT2D eigenvalue weighted by atomic mass is 79.9. The summed E-state index contributed by atoms with van der Waals surface area (Å²) in [4.78, 5) is 32.6. The van der Waals surface area contributed by atoms with Crippen LogP contribution in [0.4, 0.5) is 0 Å². The molecule has 198 valence electrons. The summed E-state index contributed by atoms with van der Waals surface area (Å²) in [6, 6.07) is 20.1. The lowest BCUT2D eigenvalue weighted by molar-refractivity contribution is -0.138. The summed E-state index contributed by atoms with van der Waals surface area (Å²) >= 11 is 3.33. The number of benzene rings is 2. The molecule has 0 amide bonds. The molecule has 3 heterocycles. The zero-order valence-corrected chi connectivity index (χ0v) is 22.9. The summed E-state index contributed by atoms with van der Waals surface area (Å²) in [7, 11) is 0. The number of nitriles is 1. The molecule has 0 atom stereocenters. The molecule has 0 fully saturated rings. The SMILES string of the molecule is C=C(C)c1ncc(OO)cn1.N#Cc1cccc(-c2ccc(=O)n(Cc3cccc(-c4ncc(Br)cn4)c3)n2)c1. The third-order valence-corrected chi connectivity index (χ3v) is 5.82. The van der Waals surface area contributed by atoms with Gasteiger partial charge in [-0.05, 0) is 58.3 Å². The van der Waals surface area contributed by atoms with Crippen LogP contribution in [0.15, 0.2) is 101 Å². The van der Waals surface area contributed by atoms with Crippen LogP contribution < -0.4 is 10.4 Å². The van der Waals surface area contributed by atoms with Gasteiger partial charge in [0.25, 0.3) is 5.56 Å². The van der Waals surface area contributed by atoms with E-state index in [0.717, 1.165) is 26.7 Å². The predicted octanol–water partition coefficient (Wildman–Crippen LogP) is 5.41. The van der Waals surface area contributed by atoms with E-state index < -0.39 is 0 Å². The molecule has 1 N–H and O–H groups in total. The van der Waals surface area contributed by atoms with Crippen molar-refractivity contribution in [3.05, 3.63) is 124 Å². The van der Waals surface area contributed by atoms with E-state index in [-0.39, 0.29) is 11.3 Å². The zero-order chi connectivity index (χ0) is 28.5. The highest BCUT2D eigenvalue weighted by Crippen LogP contribution is 2.19. The molecule has 0 saturated carbocycles. The Morgan fingerprint density at radius 2 is 1.70 bits per heavy atom. The molecule has 5 rings (SSSR count). The first-order valence-electron chi connectivity index (χ1n) is 11.8. The first-order chi connectivity index (χ1) is 19.4. The molecule has 40 heavy (non-hydrogen) atoms. The Morgan fingerprint density at radius 1 is 1.00 bits per heavy atom. The maximum Gasteiger partial charge on any atom is 0.267 e. The van der Waals surface area contributed by atoms with Crippen molar-refractivity contribution in [3.63, 3.8) is 0 Å². The van der Waals surface area contributed by atoms with Gasteiger partial charge in [0.2, 0.25) is 5.75 Å². The second kappa shape index (κ2) is 13.1. The van der Waals surface area contributed by atoms with E-state index in [1.165, 1.54) is 23.1 Å². The zero-order valence-electron chi connectivity index (χ0n) is 21.3. The molecule has 0 spiro atoms. The van der Waals surface area contributed by atoms with E-state index in [0.29, 0.717) is 29.5 Å². The lowest BCUT2D eigenvalue weighted by Crippen LogP contribution is -2.22. The van der Waals surface area contributed by atoms with Gasteiger partial charge < -0.3 is 4.89 Å². The van der Waals surface area contributed by atoms with Gasteiger partial charge in [-0.1, -0.05) is 36.9 Å². The van der Waals surface area contributed by atoms with Crippen LogP contribution in [-0.2, 0) is 6.54 Å². The smallest absolute Gasteiger partial charge is 0.267 e. The van der Waals surface area contributed by atoms with Gasteiger partial charge in [0, 0.05) is 29.6 Å². The van der Waals surface area contributed by atoms with Gasteiger partial charge in [-0.3, -0.25) is 4.79 Å². The quantitative estimate of drug-likeness (QED) is 0.201. The van der Waals surface area contributed by atoms with Crippen molar-refractivity contribution in [1.82, 2.24) is 29.7 Å². The Bertz CT molecular complexity index is 1730. The minimum absolute atomic E-state index is 0.199. The molecular weight excluding hydrogens is 574 g/mol. The molecule has 0 radical (unpaired) electrons. The van der Waals surface area contributed by atoms with Gasteiger partial charge in [0.05, 0.1) is 40.7 Å². The van der Waals surface area contributed by atoms with Crippen molar-refractivity contribution in [2.24, 2.45) is 0 Å². The second-order valence-corrected chi connectivity index (χ2v) is 9.36. The molecule has 0 aliphatic heterocycles. The first kappa shape index (κ1) is 28.0. The molecule has 0 unspecified atom stereocenters. The number of halogens is 1. The number of hydrogen-bond acceptors (Lipinski definition) is 9. The van der Waals surface area contributed by atoms with Crippen LogP contribution >= 0.6 is 15.9 Å². The Morgan fingerprint density at radius 3 is 2.38 bits per heavy atom. The topological polar surface area (TPSA) is 140 Å².